The largest absolute Gasteiger partial charge is 0.496 e. The number of nitrogens with two attached hydrogens (primary N) is 1. The molecule has 19 heavy (non-hydrogen) atoms. The van der Waals surface area contributed by atoms with Crippen LogP contribution in [0.15, 0.2) is 36.7 Å². The molecule has 6 heteroatoms. The molecule has 2 rings (SSSR count). The third-order valence-electron chi connectivity index (χ3n) is 2.88. The quantitative estimate of drug-likeness (QED) is 0.658. The number of methoxy groups -OCH3 is 1. The van der Waals surface area contributed by atoms with Gasteiger partial charge >= 0.3 is 0 Å². The second kappa shape index (κ2) is 5.53. The first-order chi connectivity index (χ1) is 9.13. The van der Waals surface area contributed by atoms with Gasteiger partial charge in [-0.25, -0.2) is 0 Å². The van der Waals surface area contributed by atoms with Crippen molar-refractivity contribution >= 4 is 5.69 Å². The fraction of sp³-hybridized carbons (Fsp3) is 0.231. The molecule has 2 aromatic rings. The molecule has 1 heterocycles. The van der Waals surface area contributed by atoms with Gasteiger partial charge in [0, 0.05) is 36.6 Å². The summed E-state index contributed by atoms with van der Waals surface area (Å²) < 4.78 is 7.15. The molecule has 100 valence electrons. The third-order valence-corrected chi connectivity index (χ3v) is 2.88. The summed E-state index contributed by atoms with van der Waals surface area (Å²) in [5, 5.41) is 10.8. The number of non-ortho nitro benzene ring substituents is 1. The van der Waals surface area contributed by atoms with Gasteiger partial charge in [0.1, 0.15) is 5.75 Å². The molecule has 0 aliphatic carbocycles. The van der Waals surface area contributed by atoms with Crippen molar-refractivity contribution in [3.8, 4) is 5.75 Å². The van der Waals surface area contributed by atoms with Crippen molar-refractivity contribution in [2.45, 2.75) is 13.1 Å². The molecular formula is C13H15N3O3. The van der Waals surface area contributed by atoms with Crippen LogP contribution in [-0.2, 0) is 13.1 Å². The summed E-state index contributed by atoms with van der Waals surface area (Å²) in [6.45, 7) is 0.976. The van der Waals surface area contributed by atoms with Gasteiger partial charge in [-0.15, -0.1) is 0 Å². The number of benzene rings is 1. The summed E-state index contributed by atoms with van der Waals surface area (Å²) in [5.41, 5.74) is 7.38. The van der Waals surface area contributed by atoms with Crippen molar-refractivity contribution < 1.29 is 9.66 Å². The van der Waals surface area contributed by atoms with E-state index in [0.29, 0.717) is 18.8 Å². The summed E-state index contributed by atoms with van der Waals surface area (Å²) in [5.74, 6) is 0.633. The van der Waals surface area contributed by atoms with E-state index in [-0.39, 0.29) is 5.69 Å². The van der Waals surface area contributed by atoms with Gasteiger partial charge in [-0.1, -0.05) is 0 Å². The smallest absolute Gasteiger partial charge is 0.270 e. The molecule has 1 aromatic carbocycles. The number of rotatable bonds is 5. The molecular weight excluding hydrogens is 246 g/mol. The van der Waals surface area contributed by atoms with E-state index in [4.69, 9.17) is 10.5 Å². The Hall–Kier alpha value is -2.34. The third kappa shape index (κ3) is 2.92. The molecule has 0 saturated carbocycles. The normalized spacial score (nSPS) is 10.4. The Morgan fingerprint density at radius 2 is 2.21 bits per heavy atom. The van der Waals surface area contributed by atoms with Crippen molar-refractivity contribution in [3.05, 3.63) is 57.9 Å². The predicted molar refractivity (Wildman–Crippen MR) is 71.1 cm³/mol. The Labute approximate surface area is 110 Å². The van der Waals surface area contributed by atoms with Crippen LogP contribution < -0.4 is 10.5 Å². The molecule has 0 unspecified atom stereocenters. The number of nitrogens with zero attached hydrogens (tertiary/aromatic N) is 2. The monoisotopic (exact) mass is 261 g/mol. The Kier molecular flexibility index (Phi) is 3.82. The number of nitro groups is 1. The maximum absolute atomic E-state index is 10.8. The molecule has 0 fully saturated rings. The molecule has 0 bridgehead atoms. The van der Waals surface area contributed by atoms with Gasteiger partial charge in [0.05, 0.1) is 18.6 Å². The van der Waals surface area contributed by atoms with Gasteiger partial charge < -0.3 is 15.0 Å². The van der Waals surface area contributed by atoms with Gasteiger partial charge in [-0.2, -0.15) is 0 Å². The summed E-state index contributed by atoms with van der Waals surface area (Å²) in [7, 11) is 1.55. The summed E-state index contributed by atoms with van der Waals surface area (Å²) in [4.78, 5) is 10.4. The number of nitro benzene ring substituents is 1. The van der Waals surface area contributed by atoms with Crippen molar-refractivity contribution in [2.75, 3.05) is 7.11 Å². The van der Waals surface area contributed by atoms with Crippen LogP contribution in [0, 0.1) is 10.1 Å². The van der Waals surface area contributed by atoms with Crippen molar-refractivity contribution in [1.82, 2.24) is 4.57 Å². The minimum Gasteiger partial charge on any atom is -0.496 e. The second-order valence-electron chi connectivity index (χ2n) is 4.15. The van der Waals surface area contributed by atoms with Crippen LogP contribution >= 0.6 is 0 Å². The van der Waals surface area contributed by atoms with Crippen molar-refractivity contribution in [2.24, 2.45) is 5.73 Å². The van der Waals surface area contributed by atoms with Gasteiger partial charge in [0.15, 0.2) is 0 Å². The molecule has 2 N–H and O–H groups in total. The Balaban J connectivity index is 2.31. The summed E-state index contributed by atoms with van der Waals surface area (Å²) >= 11 is 0. The lowest BCUT2D eigenvalue weighted by molar-refractivity contribution is -0.384. The topological polar surface area (TPSA) is 83.3 Å². The van der Waals surface area contributed by atoms with Crippen LogP contribution in [0.5, 0.6) is 5.75 Å². The first kappa shape index (κ1) is 13.1. The zero-order valence-electron chi connectivity index (χ0n) is 10.6. The van der Waals surface area contributed by atoms with E-state index >= 15 is 0 Å². The zero-order chi connectivity index (χ0) is 13.8. The van der Waals surface area contributed by atoms with E-state index in [0.717, 1.165) is 11.1 Å². The highest BCUT2D eigenvalue weighted by molar-refractivity contribution is 5.44. The van der Waals surface area contributed by atoms with Crippen LogP contribution in [0.4, 0.5) is 5.69 Å². The fourth-order valence-corrected chi connectivity index (χ4v) is 1.91. The van der Waals surface area contributed by atoms with Gasteiger partial charge in [0.2, 0.25) is 0 Å². The number of ether oxygens (including phenoxy) is 1. The van der Waals surface area contributed by atoms with Crippen LogP contribution in [0.2, 0.25) is 0 Å². The Morgan fingerprint density at radius 1 is 1.42 bits per heavy atom. The van der Waals surface area contributed by atoms with E-state index in [2.05, 4.69) is 0 Å². The molecule has 6 nitrogen and oxygen atoms in total. The SMILES string of the molecule is COc1ccc([N+](=O)[O-])cc1Cn1ccc(CN)c1. The maximum atomic E-state index is 10.8. The fourth-order valence-electron chi connectivity index (χ4n) is 1.91. The minimum absolute atomic E-state index is 0.0574. The standard InChI is InChI=1S/C13H15N3O3/c1-19-13-3-2-12(16(17)18)6-11(13)9-15-5-4-10(7-14)8-15/h2-6,8H,7,9,14H2,1H3. The predicted octanol–water partition coefficient (Wildman–Crippen LogP) is 1.91. The Morgan fingerprint density at radius 3 is 2.79 bits per heavy atom. The lowest BCUT2D eigenvalue weighted by Crippen LogP contribution is -2.01. The molecule has 0 aliphatic heterocycles. The van der Waals surface area contributed by atoms with Crippen LogP contribution in [-0.4, -0.2) is 16.6 Å². The van der Waals surface area contributed by atoms with Crippen molar-refractivity contribution in [3.63, 3.8) is 0 Å². The average Bonchev–Trinajstić information content (AvgIpc) is 2.86. The van der Waals surface area contributed by atoms with Gasteiger partial charge in [-0.3, -0.25) is 10.1 Å². The van der Waals surface area contributed by atoms with Crippen molar-refractivity contribution in [1.29, 1.82) is 0 Å². The second-order valence-corrected chi connectivity index (χ2v) is 4.15. The number of hydrogen-bond acceptors (Lipinski definition) is 4. The molecule has 0 spiro atoms. The maximum Gasteiger partial charge on any atom is 0.270 e. The summed E-state index contributed by atoms with van der Waals surface area (Å²) in [6.07, 6.45) is 3.80. The lowest BCUT2D eigenvalue weighted by Gasteiger charge is -2.09. The highest BCUT2D eigenvalue weighted by atomic mass is 16.6. The van der Waals surface area contributed by atoms with Gasteiger partial charge in [0.25, 0.3) is 5.69 Å². The van der Waals surface area contributed by atoms with Crippen LogP contribution in [0.3, 0.4) is 0 Å². The Bertz CT molecular complexity index is 593. The highest BCUT2D eigenvalue weighted by Crippen LogP contribution is 2.25. The van der Waals surface area contributed by atoms with E-state index in [1.165, 1.54) is 12.1 Å². The van der Waals surface area contributed by atoms with Gasteiger partial charge in [-0.05, 0) is 17.7 Å². The molecule has 0 atom stereocenters. The molecule has 0 aliphatic rings. The molecule has 1 aromatic heterocycles. The zero-order valence-corrected chi connectivity index (χ0v) is 10.6. The average molecular weight is 261 g/mol. The van der Waals surface area contributed by atoms with Crippen LogP contribution in [0.1, 0.15) is 11.1 Å². The summed E-state index contributed by atoms with van der Waals surface area (Å²) in [6, 6.07) is 6.49. The first-order valence-corrected chi connectivity index (χ1v) is 5.80. The highest BCUT2D eigenvalue weighted by Gasteiger charge is 2.11. The van der Waals surface area contributed by atoms with E-state index in [9.17, 15) is 10.1 Å². The number of hydrogen-bond donors (Lipinski definition) is 1. The first-order valence-electron chi connectivity index (χ1n) is 5.80. The molecule has 0 radical (unpaired) electrons. The lowest BCUT2D eigenvalue weighted by atomic mass is 10.1. The molecule has 0 amide bonds. The van der Waals surface area contributed by atoms with Crippen LogP contribution in [0.25, 0.3) is 0 Å². The van der Waals surface area contributed by atoms with E-state index in [1.807, 2.05) is 23.0 Å². The minimum atomic E-state index is -0.413. The van der Waals surface area contributed by atoms with E-state index in [1.54, 1.807) is 13.2 Å². The van der Waals surface area contributed by atoms with E-state index < -0.39 is 4.92 Å². The number of aromatic nitrogens is 1. The molecule has 0 saturated heterocycles.